The Morgan fingerprint density at radius 1 is 0.947 bits per heavy atom. The molecule has 0 unspecified atom stereocenters. The van der Waals surface area contributed by atoms with Crippen LogP contribution in [0.1, 0.15) is 95.0 Å². The number of amides is 5. The van der Waals surface area contributed by atoms with Gasteiger partial charge >= 0.3 is 6.09 Å². The number of aromatic nitrogens is 1. The Morgan fingerprint density at radius 3 is 2.54 bits per heavy atom. The molecule has 5 atom stereocenters. The zero-order valence-corrected chi connectivity index (χ0v) is 33.3. The topological polar surface area (TPSA) is 202 Å². The van der Waals surface area contributed by atoms with Crippen LogP contribution in [-0.2, 0) is 29.1 Å². The number of hydrogen-bond acceptors (Lipinski definition) is 10. The average molecular weight is 805 g/mol. The van der Waals surface area contributed by atoms with Crippen LogP contribution in [0.2, 0.25) is 0 Å². The summed E-state index contributed by atoms with van der Waals surface area (Å²) in [6.45, 7) is 4.43. The van der Waals surface area contributed by atoms with Gasteiger partial charge in [0.05, 0.1) is 24.2 Å². The van der Waals surface area contributed by atoms with Crippen molar-refractivity contribution in [3.8, 4) is 17.0 Å². The fourth-order valence-corrected chi connectivity index (χ4v) is 9.25. The lowest BCUT2D eigenvalue weighted by Crippen LogP contribution is -2.58. The third-order valence-electron chi connectivity index (χ3n) is 11.5. The zero-order valence-electron chi connectivity index (χ0n) is 32.5. The van der Waals surface area contributed by atoms with Crippen molar-refractivity contribution < 1.29 is 41.9 Å². The second-order valence-corrected chi connectivity index (χ2v) is 18.7. The molecule has 5 aliphatic rings. The SMILES string of the molecule is CC1(C)CCCOc2cccc(c2)-c2cccc(n2)C(=O)N[C@@H]2C[C@H]3C(=O)N[C@]4(C(=O)NS(=O)(=O)C5CC5)C[C@@H]4/C=C\CCCCC[C@H](NC(=O)OC1)C(=O)N3C2. The second-order valence-electron chi connectivity index (χ2n) is 16.8. The highest BCUT2D eigenvalue weighted by molar-refractivity contribution is 7.91. The first kappa shape index (κ1) is 40.2. The lowest BCUT2D eigenvalue weighted by molar-refractivity contribution is -0.141. The summed E-state index contributed by atoms with van der Waals surface area (Å²) in [4.78, 5) is 75.7. The van der Waals surface area contributed by atoms with E-state index in [-0.39, 0.29) is 38.1 Å². The normalized spacial score (nSPS) is 29.2. The number of allylic oxidation sites excluding steroid dienone is 1. The van der Waals surface area contributed by atoms with Gasteiger partial charge in [-0.2, -0.15) is 0 Å². The minimum atomic E-state index is -3.91. The predicted molar refractivity (Wildman–Crippen MR) is 209 cm³/mol. The largest absolute Gasteiger partial charge is 0.494 e. The Kier molecular flexibility index (Phi) is 11.6. The van der Waals surface area contributed by atoms with E-state index in [1.165, 1.54) is 4.90 Å². The van der Waals surface area contributed by atoms with Gasteiger partial charge in [0.25, 0.3) is 11.8 Å². The number of hydrogen-bond donors (Lipinski definition) is 4. The lowest BCUT2D eigenvalue weighted by atomic mass is 9.89. The fraction of sp³-hybridized carbons (Fsp3) is 0.561. The van der Waals surface area contributed by atoms with E-state index in [2.05, 4.69) is 25.7 Å². The quantitative estimate of drug-likeness (QED) is 0.331. The first-order valence-corrected chi connectivity index (χ1v) is 21.6. The molecule has 7 rings (SSSR count). The molecule has 1 aromatic carbocycles. The van der Waals surface area contributed by atoms with E-state index in [0.717, 1.165) is 18.4 Å². The molecule has 3 fully saturated rings. The van der Waals surface area contributed by atoms with Gasteiger partial charge in [-0.15, -0.1) is 0 Å². The van der Waals surface area contributed by atoms with Crippen molar-refractivity contribution in [2.24, 2.45) is 11.3 Å². The van der Waals surface area contributed by atoms with Crippen molar-refractivity contribution in [2.75, 3.05) is 19.8 Å². The highest BCUT2D eigenvalue weighted by Crippen LogP contribution is 2.46. The Labute approximate surface area is 333 Å². The number of ether oxygens (including phenoxy) is 2. The highest BCUT2D eigenvalue weighted by Gasteiger charge is 2.62. The summed E-state index contributed by atoms with van der Waals surface area (Å²) in [5.74, 6) is -2.33. The molecule has 57 heavy (non-hydrogen) atoms. The number of carbonyl (C=O) groups is 5. The van der Waals surface area contributed by atoms with Crippen molar-refractivity contribution in [3.05, 3.63) is 60.3 Å². The molecule has 16 heteroatoms. The standard InChI is InChI=1S/C41H52N6O9S/c1-40(2)19-10-20-55-29-13-8-11-26(21-29)31-15-9-16-32(43-31)35(48)42-28-22-34-36(49)45-41(38(51)46-57(53,54)30-17-18-30)23-27(41)12-6-4-3-5-7-14-33(37(50)47(34)24-28)44-39(52)56-25-40/h6,8-9,11-13,15-16,21,27-28,30,33-34H,3-5,7,10,14,17-20,22-25H2,1-2H3,(H,42,48)(H,44,52)(H,45,49)(H,46,51)/b12-6-/t27-,28+,33-,34-,41+/m0/s1. The number of fused-ring (bicyclic) bond motifs is 8. The number of benzene rings is 1. The van der Waals surface area contributed by atoms with Gasteiger partial charge < -0.3 is 30.3 Å². The van der Waals surface area contributed by atoms with E-state index >= 15 is 0 Å². The number of cyclic esters (lactones) is 1. The van der Waals surface area contributed by atoms with E-state index < -0.39 is 80.0 Å². The van der Waals surface area contributed by atoms with Gasteiger partial charge in [0.2, 0.25) is 21.8 Å². The second kappa shape index (κ2) is 16.5. The summed E-state index contributed by atoms with van der Waals surface area (Å²) in [5, 5.41) is 7.92. The first-order valence-electron chi connectivity index (χ1n) is 20.0. The van der Waals surface area contributed by atoms with E-state index in [9.17, 15) is 32.4 Å². The molecule has 1 saturated heterocycles. The molecule has 5 amide bonds. The molecule has 2 saturated carbocycles. The number of sulfonamides is 1. The number of carbonyl (C=O) groups excluding carboxylic acids is 5. The van der Waals surface area contributed by atoms with Gasteiger partial charge in [-0.25, -0.2) is 18.2 Å². The van der Waals surface area contributed by atoms with Crippen LogP contribution in [0.25, 0.3) is 11.3 Å². The maximum Gasteiger partial charge on any atom is 0.407 e. The molecular weight excluding hydrogens is 753 g/mol. The van der Waals surface area contributed by atoms with Crippen LogP contribution in [0, 0.1) is 11.3 Å². The first-order chi connectivity index (χ1) is 27.2. The number of nitrogens with zero attached hydrogens (tertiary/aromatic N) is 2. The van der Waals surface area contributed by atoms with Crippen molar-refractivity contribution >= 4 is 39.7 Å². The van der Waals surface area contributed by atoms with E-state index in [1.807, 2.05) is 50.3 Å². The molecule has 2 aliphatic carbocycles. The highest BCUT2D eigenvalue weighted by atomic mass is 32.2. The van der Waals surface area contributed by atoms with Crippen molar-refractivity contribution in [1.82, 2.24) is 30.6 Å². The van der Waals surface area contributed by atoms with Gasteiger partial charge in [0.15, 0.2) is 0 Å². The van der Waals surface area contributed by atoms with Crippen LogP contribution >= 0.6 is 0 Å². The summed E-state index contributed by atoms with van der Waals surface area (Å²) >= 11 is 0. The Balaban J connectivity index is 1.20. The van der Waals surface area contributed by atoms with Gasteiger partial charge in [0.1, 0.15) is 29.1 Å². The maximum absolute atomic E-state index is 14.5. The van der Waals surface area contributed by atoms with E-state index in [0.29, 0.717) is 56.6 Å². The summed E-state index contributed by atoms with van der Waals surface area (Å²) in [5.41, 5.74) is -0.492. The third kappa shape index (κ3) is 9.59. The van der Waals surface area contributed by atoms with Crippen molar-refractivity contribution in [1.29, 1.82) is 0 Å². The predicted octanol–water partition coefficient (Wildman–Crippen LogP) is 3.75. The van der Waals surface area contributed by atoms with E-state index in [4.69, 9.17) is 9.47 Å². The molecular formula is C41H52N6O9S. The van der Waals surface area contributed by atoms with Crippen LogP contribution in [0.3, 0.4) is 0 Å². The molecule has 15 nitrogen and oxygen atoms in total. The number of rotatable bonds is 3. The Hall–Kier alpha value is -4.99. The fourth-order valence-electron chi connectivity index (χ4n) is 7.89. The van der Waals surface area contributed by atoms with Crippen molar-refractivity contribution in [3.63, 3.8) is 0 Å². The van der Waals surface area contributed by atoms with Crippen LogP contribution in [0.5, 0.6) is 5.75 Å². The Bertz CT molecular complexity index is 2030. The maximum atomic E-state index is 14.5. The van der Waals surface area contributed by atoms with Crippen LogP contribution in [0.15, 0.2) is 54.6 Å². The number of alkyl carbamates (subject to hydrolysis) is 1. The zero-order chi connectivity index (χ0) is 40.4. The van der Waals surface area contributed by atoms with Crippen LogP contribution < -0.4 is 25.4 Å². The molecule has 4 heterocycles. The minimum Gasteiger partial charge on any atom is -0.494 e. The summed E-state index contributed by atoms with van der Waals surface area (Å²) in [6.07, 6.45) is 8.56. The van der Waals surface area contributed by atoms with Crippen LogP contribution in [-0.4, -0.2) is 96.7 Å². The number of pyridine rings is 1. The van der Waals surface area contributed by atoms with Crippen LogP contribution in [0.4, 0.5) is 4.79 Å². The number of nitrogens with one attached hydrogen (secondary N) is 4. The summed E-state index contributed by atoms with van der Waals surface area (Å²) in [7, 11) is -3.91. The Morgan fingerprint density at radius 2 is 1.74 bits per heavy atom. The monoisotopic (exact) mass is 804 g/mol. The van der Waals surface area contributed by atoms with Gasteiger partial charge in [-0.1, -0.05) is 57.0 Å². The third-order valence-corrected chi connectivity index (χ3v) is 13.3. The van der Waals surface area contributed by atoms with Gasteiger partial charge in [0, 0.05) is 24.1 Å². The molecule has 0 spiro atoms. The summed E-state index contributed by atoms with van der Waals surface area (Å²) in [6, 6.07) is 9.62. The minimum absolute atomic E-state index is 0.00762. The smallest absolute Gasteiger partial charge is 0.407 e. The molecule has 2 aromatic rings. The lowest BCUT2D eigenvalue weighted by Gasteiger charge is -2.30. The van der Waals surface area contributed by atoms with Gasteiger partial charge in [-0.05, 0) is 87.5 Å². The molecule has 1 aromatic heterocycles. The average Bonchev–Trinajstić information content (AvgIpc) is 4.11. The summed E-state index contributed by atoms with van der Waals surface area (Å²) < 4.78 is 39.6. The van der Waals surface area contributed by atoms with Crippen molar-refractivity contribution in [2.45, 2.75) is 113 Å². The molecule has 7 bridgehead atoms. The molecule has 0 radical (unpaired) electrons. The molecule has 4 N–H and O–H groups in total. The molecule has 306 valence electrons. The van der Waals surface area contributed by atoms with Gasteiger partial charge in [-0.3, -0.25) is 23.9 Å². The van der Waals surface area contributed by atoms with E-state index in [1.54, 1.807) is 18.2 Å². The molecule has 3 aliphatic heterocycles.